The lowest BCUT2D eigenvalue weighted by Crippen LogP contribution is -2.43. The second kappa shape index (κ2) is 8.82. The zero-order chi connectivity index (χ0) is 20.1. The highest BCUT2D eigenvalue weighted by molar-refractivity contribution is 5.79. The Balaban J connectivity index is 1.42. The van der Waals surface area contributed by atoms with Gasteiger partial charge in [0.2, 0.25) is 5.91 Å². The molecule has 0 aliphatic carbocycles. The Kier molecular flexibility index (Phi) is 5.79. The van der Waals surface area contributed by atoms with Crippen molar-refractivity contribution in [2.75, 3.05) is 18.0 Å². The summed E-state index contributed by atoms with van der Waals surface area (Å²) in [6.45, 7) is 1.64. The number of hydrogen-bond acceptors (Lipinski definition) is 4. The standard InChI is InChI=1S/C23H23FN4O/c24-20-11-5-4-9-18(20)14-25-23(29)19-10-6-12-28(15-19)22-13-21(26-16-27-22)17-7-2-1-3-8-17/h1-5,7-9,11,13,16,19H,6,10,12,14-15H2,(H,25,29). The summed E-state index contributed by atoms with van der Waals surface area (Å²) in [4.78, 5) is 23.6. The van der Waals surface area contributed by atoms with E-state index < -0.39 is 0 Å². The summed E-state index contributed by atoms with van der Waals surface area (Å²) in [5.41, 5.74) is 2.39. The average Bonchev–Trinajstić information content (AvgIpc) is 2.79. The highest BCUT2D eigenvalue weighted by Crippen LogP contribution is 2.25. The Labute approximate surface area is 169 Å². The van der Waals surface area contributed by atoms with Crippen molar-refractivity contribution in [3.8, 4) is 11.3 Å². The predicted octanol–water partition coefficient (Wildman–Crippen LogP) is 3.82. The molecule has 0 bridgehead atoms. The largest absolute Gasteiger partial charge is 0.356 e. The number of hydrogen-bond donors (Lipinski definition) is 1. The zero-order valence-electron chi connectivity index (χ0n) is 16.1. The highest BCUT2D eigenvalue weighted by atomic mass is 19.1. The van der Waals surface area contributed by atoms with E-state index in [1.54, 1.807) is 24.5 Å². The molecule has 148 valence electrons. The number of anilines is 1. The van der Waals surface area contributed by atoms with Gasteiger partial charge in [0.15, 0.2) is 0 Å². The third kappa shape index (κ3) is 4.59. The lowest BCUT2D eigenvalue weighted by molar-refractivity contribution is -0.125. The molecular weight excluding hydrogens is 367 g/mol. The molecule has 5 nitrogen and oxygen atoms in total. The number of amides is 1. The van der Waals surface area contributed by atoms with Crippen LogP contribution in [-0.4, -0.2) is 29.0 Å². The van der Waals surface area contributed by atoms with Gasteiger partial charge in [0.1, 0.15) is 18.0 Å². The van der Waals surface area contributed by atoms with E-state index >= 15 is 0 Å². The van der Waals surface area contributed by atoms with Gasteiger partial charge in [0, 0.05) is 36.8 Å². The number of rotatable bonds is 5. The van der Waals surface area contributed by atoms with Crippen LogP contribution in [-0.2, 0) is 11.3 Å². The maximum absolute atomic E-state index is 13.8. The van der Waals surface area contributed by atoms with E-state index in [1.807, 2.05) is 36.4 Å². The summed E-state index contributed by atoms with van der Waals surface area (Å²) < 4.78 is 13.8. The minimum absolute atomic E-state index is 0.0460. The van der Waals surface area contributed by atoms with Gasteiger partial charge in [-0.3, -0.25) is 4.79 Å². The summed E-state index contributed by atoms with van der Waals surface area (Å²) in [7, 11) is 0. The molecule has 0 spiro atoms. The van der Waals surface area contributed by atoms with Crippen LogP contribution in [0.4, 0.5) is 10.2 Å². The molecule has 4 rings (SSSR count). The fraction of sp³-hybridized carbons (Fsp3) is 0.261. The molecule has 29 heavy (non-hydrogen) atoms. The predicted molar refractivity (Wildman–Crippen MR) is 111 cm³/mol. The van der Waals surface area contributed by atoms with Gasteiger partial charge in [-0.1, -0.05) is 48.5 Å². The Bertz CT molecular complexity index is 979. The maximum Gasteiger partial charge on any atom is 0.225 e. The Morgan fingerprint density at radius 1 is 1.10 bits per heavy atom. The molecule has 1 amide bonds. The summed E-state index contributed by atoms with van der Waals surface area (Å²) >= 11 is 0. The van der Waals surface area contributed by atoms with Crippen molar-refractivity contribution < 1.29 is 9.18 Å². The van der Waals surface area contributed by atoms with E-state index in [1.165, 1.54) is 6.07 Å². The van der Waals surface area contributed by atoms with E-state index in [0.29, 0.717) is 12.1 Å². The molecule has 1 atom stereocenters. The molecule has 1 fully saturated rings. The molecule has 2 aromatic carbocycles. The zero-order valence-corrected chi connectivity index (χ0v) is 16.1. The first-order valence-corrected chi connectivity index (χ1v) is 9.84. The van der Waals surface area contributed by atoms with Gasteiger partial charge in [0.25, 0.3) is 0 Å². The molecule has 0 saturated carbocycles. The van der Waals surface area contributed by atoms with Gasteiger partial charge in [0.05, 0.1) is 11.6 Å². The fourth-order valence-electron chi connectivity index (χ4n) is 3.65. The van der Waals surface area contributed by atoms with Gasteiger partial charge < -0.3 is 10.2 Å². The van der Waals surface area contributed by atoms with Gasteiger partial charge in [-0.05, 0) is 18.9 Å². The molecule has 6 heteroatoms. The van der Waals surface area contributed by atoms with Gasteiger partial charge in [-0.15, -0.1) is 0 Å². The fourth-order valence-corrected chi connectivity index (χ4v) is 3.65. The SMILES string of the molecule is O=C(NCc1ccccc1F)C1CCCN(c2cc(-c3ccccc3)ncn2)C1. The Morgan fingerprint density at radius 3 is 2.72 bits per heavy atom. The summed E-state index contributed by atoms with van der Waals surface area (Å²) in [6.07, 6.45) is 3.29. The number of piperidine rings is 1. The smallest absolute Gasteiger partial charge is 0.225 e. The molecule has 1 unspecified atom stereocenters. The highest BCUT2D eigenvalue weighted by Gasteiger charge is 2.26. The molecule has 1 aliphatic heterocycles. The molecule has 1 aromatic heterocycles. The van der Waals surface area contributed by atoms with Crippen molar-refractivity contribution >= 4 is 11.7 Å². The van der Waals surface area contributed by atoms with Crippen LogP contribution in [0.3, 0.4) is 0 Å². The first-order chi connectivity index (χ1) is 14.2. The molecule has 0 radical (unpaired) electrons. The average molecular weight is 390 g/mol. The van der Waals surface area contributed by atoms with Crippen molar-refractivity contribution in [3.05, 3.63) is 78.4 Å². The van der Waals surface area contributed by atoms with Crippen LogP contribution in [0, 0.1) is 11.7 Å². The molecule has 1 saturated heterocycles. The quantitative estimate of drug-likeness (QED) is 0.720. The minimum Gasteiger partial charge on any atom is -0.356 e. The van der Waals surface area contributed by atoms with Crippen molar-refractivity contribution in [1.29, 1.82) is 0 Å². The van der Waals surface area contributed by atoms with Crippen LogP contribution < -0.4 is 10.2 Å². The Hall–Kier alpha value is -3.28. The Morgan fingerprint density at radius 2 is 1.90 bits per heavy atom. The van der Waals surface area contributed by atoms with Crippen molar-refractivity contribution in [1.82, 2.24) is 15.3 Å². The van der Waals surface area contributed by atoms with E-state index in [2.05, 4.69) is 20.2 Å². The number of halogens is 1. The van der Waals surface area contributed by atoms with Gasteiger partial charge in [-0.25, -0.2) is 14.4 Å². The van der Waals surface area contributed by atoms with Gasteiger partial charge >= 0.3 is 0 Å². The van der Waals surface area contributed by atoms with E-state index in [-0.39, 0.29) is 24.2 Å². The van der Waals surface area contributed by atoms with Crippen LogP contribution in [0.1, 0.15) is 18.4 Å². The third-order valence-electron chi connectivity index (χ3n) is 5.25. The molecule has 2 heterocycles. The monoisotopic (exact) mass is 390 g/mol. The normalized spacial score (nSPS) is 16.4. The molecule has 1 aliphatic rings. The summed E-state index contributed by atoms with van der Waals surface area (Å²) in [5.74, 6) is 0.332. The molecule has 3 aromatic rings. The van der Waals surface area contributed by atoms with Crippen LogP contribution >= 0.6 is 0 Å². The van der Waals surface area contributed by atoms with Crippen LogP contribution in [0.2, 0.25) is 0 Å². The lowest BCUT2D eigenvalue weighted by atomic mass is 9.97. The molecule has 1 N–H and O–H groups in total. The number of aromatic nitrogens is 2. The maximum atomic E-state index is 13.8. The first-order valence-electron chi connectivity index (χ1n) is 9.84. The summed E-state index contributed by atoms with van der Waals surface area (Å²) in [6, 6.07) is 18.4. The lowest BCUT2D eigenvalue weighted by Gasteiger charge is -2.33. The number of benzene rings is 2. The third-order valence-corrected chi connectivity index (χ3v) is 5.25. The van der Waals surface area contributed by atoms with Crippen molar-refractivity contribution in [3.63, 3.8) is 0 Å². The van der Waals surface area contributed by atoms with Gasteiger partial charge in [-0.2, -0.15) is 0 Å². The number of nitrogens with one attached hydrogen (secondary N) is 1. The van der Waals surface area contributed by atoms with E-state index in [0.717, 1.165) is 36.5 Å². The number of carbonyl (C=O) groups is 1. The van der Waals surface area contributed by atoms with Crippen LogP contribution in [0.15, 0.2) is 67.0 Å². The minimum atomic E-state index is -0.299. The van der Waals surface area contributed by atoms with Crippen LogP contribution in [0.5, 0.6) is 0 Å². The second-order valence-corrected chi connectivity index (χ2v) is 7.22. The number of carbonyl (C=O) groups excluding carboxylic acids is 1. The summed E-state index contributed by atoms with van der Waals surface area (Å²) in [5, 5.41) is 2.88. The molecular formula is C23H23FN4O. The topological polar surface area (TPSA) is 58.1 Å². The van der Waals surface area contributed by atoms with E-state index in [4.69, 9.17) is 0 Å². The van der Waals surface area contributed by atoms with E-state index in [9.17, 15) is 9.18 Å². The second-order valence-electron chi connectivity index (χ2n) is 7.22. The van der Waals surface area contributed by atoms with Crippen molar-refractivity contribution in [2.45, 2.75) is 19.4 Å². The van der Waals surface area contributed by atoms with Crippen molar-refractivity contribution in [2.24, 2.45) is 5.92 Å². The number of nitrogens with zero attached hydrogens (tertiary/aromatic N) is 3. The first kappa shape index (κ1) is 19.1. The van der Waals surface area contributed by atoms with Crippen LogP contribution in [0.25, 0.3) is 11.3 Å².